The van der Waals surface area contributed by atoms with Gasteiger partial charge in [-0.1, -0.05) is 18.2 Å². The number of carbonyl (C=O) groups is 1. The average Bonchev–Trinajstić information content (AvgIpc) is 2.52. The molecule has 0 spiro atoms. The minimum Gasteiger partial charge on any atom is -0.444 e. The van der Waals surface area contributed by atoms with Crippen LogP contribution >= 0.6 is 0 Å². The third kappa shape index (κ3) is 4.07. The Hall–Kier alpha value is -1.80. The Morgan fingerprint density at radius 2 is 2.00 bits per heavy atom. The van der Waals surface area contributed by atoms with E-state index in [1.165, 1.54) is 4.31 Å². The number of nitrogens with zero attached hydrogens (tertiary/aromatic N) is 2. The first-order valence-corrected chi connectivity index (χ1v) is 9.95. The summed E-state index contributed by atoms with van der Waals surface area (Å²) >= 11 is 0. The van der Waals surface area contributed by atoms with Crippen LogP contribution in [0.15, 0.2) is 24.3 Å². The standard InChI is InChI=1S/C17H25N3O4S/c1-17(2,3)24-16(21)19-10-6-8-14(12-19)20-11-13-7-4-5-9-15(13)18-25(20,22)23/h4-5,7,9,14,18H,6,8,10-12H2,1-3H3. The summed E-state index contributed by atoms with van der Waals surface area (Å²) in [7, 11) is -3.62. The summed E-state index contributed by atoms with van der Waals surface area (Å²) < 4.78 is 34.8. The molecule has 1 fully saturated rings. The zero-order valence-electron chi connectivity index (χ0n) is 14.9. The van der Waals surface area contributed by atoms with Crippen LogP contribution in [0.1, 0.15) is 39.2 Å². The third-order valence-electron chi connectivity index (χ3n) is 4.35. The summed E-state index contributed by atoms with van der Waals surface area (Å²) in [5, 5.41) is 0. The van der Waals surface area contributed by atoms with Crippen molar-refractivity contribution in [3.05, 3.63) is 29.8 Å². The number of piperidine rings is 1. The number of carbonyl (C=O) groups excluding carboxylic acids is 1. The molecule has 0 aliphatic carbocycles. The maximum Gasteiger partial charge on any atom is 0.410 e. The molecule has 1 aromatic carbocycles. The SMILES string of the molecule is CC(C)(C)OC(=O)N1CCCC(N2Cc3ccccc3NS2(=O)=O)C1. The summed E-state index contributed by atoms with van der Waals surface area (Å²) in [4.78, 5) is 13.9. The van der Waals surface area contributed by atoms with Gasteiger partial charge in [-0.2, -0.15) is 12.7 Å². The number of hydrogen-bond donors (Lipinski definition) is 1. The maximum atomic E-state index is 12.6. The highest BCUT2D eigenvalue weighted by molar-refractivity contribution is 7.90. The van der Waals surface area contributed by atoms with Crippen molar-refractivity contribution in [3.63, 3.8) is 0 Å². The number of rotatable bonds is 1. The van der Waals surface area contributed by atoms with Gasteiger partial charge in [0.1, 0.15) is 5.60 Å². The molecule has 1 saturated heterocycles. The molecule has 2 aliphatic rings. The van der Waals surface area contributed by atoms with Gasteiger partial charge in [-0.25, -0.2) is 4.79 Å². The third-order valence-corrected chi connectivity index (χ3v) is 5.87. The normalized spacial score (nSPS) is 23.5. The van der Waals surface area contributed by atoms with Crippen LogP contribution in [0, 0.1) is 0 Å². The maximum absolute atomic E-state index is 12.6. The molecule has 138 valence electrons. The fraction of sp³-hybridized carbons (Fsp3) is 0.588. The largest absolute Gasteiger partial charge is 0.444 e. The summed E-state index contributed by atoms with van der Waals surface area (Å²) in [6, 6.07) is 7.12. The van der Waals surface area contributed by atoms with E-state index in [0.717, 1.165) is 18.4 Å². The Balaban J connectivity index is 1.76. The van der Waals surface area contributed by atoms with E-state index in [2.05, 4.69) is 4.72 Å². The molecule has 1 aromatic rings. The van der Waals surface area contributed by atoms with Gasteiger partial charge in [0.05, 0.1) is 5.69 Å². The van der Waals surface area contributed by atoms with Crippen molar-refractivity contribution in [2.75, 3.05) is 17.8 Å². The summed E-state index contributed by atoms with van der Waals surface area (Å²) in [6.45, 7) is 6.71. The van der Waals surface area contributed by atoms with Gasteiger partial charge in [0.2, 0.25) is 0 Å². The Morgan fingerprint density at radius 1 is 1.28 bits per heavy atom. The van der Waals surface area contributed by atoms with E-state index in [4.69, 9.17) is 4.74 Å². The van der Waals surface area contributed by atoms with Crippen LogP contribution in [0.5, 0.6) is 0 Å². The molecule has 2 aliphatic heterocycles. The van der Waals surface area contributed by atoms with Crippen LogP contribution in [-0.2, 0) is 21.5 Å². The van der Waals surface area contributed by atoms with Crippen molar-refractivity contribution in [2.45, 2.75) is 51.8 Å². The van der Waals surface area contributed by atoms with Crippen LogP contribution in [0.4, 0.5) is 10.5 Å². The average molecular weight is 367 g/mol. The number of nitrogens with one attached hydrogen (secondary N) is 1. The molecule has 0 bridgehead atoms. The fourth-order valence-corrected chi connectivity index (χ4v) is 4.68. The summed E-state index contributed by atoms with van der Waals surface area (Å²) in [5.41, 5.74) is 0.993. The van der Waals surface area contributed by atoms with Crippen LogP contribution < -0.4 is 4.72 Å². The van der Waals surface area contributed by atoms with Crippen molar-refractivity contribution < 1.29 is 17.9 Å². The second-order valence-electron chi connectivity index (χ2n) is 7.53. The fourth-order valence-electron chi connectivity index (χ4n) is 3.22. The first-order valence-electron chi connectivity index (χ1n) is 8.51. The van der Waals surface area contributed by atoms with E-state index >= 15 is 0 Å². The van der Waals surface area contributed by atoms with Gasteiger partial charge >= 0.3 is 16.3 Å². The lowest BCUT2D eigenvalue weighted by Crippen LogP contribution is -2.54. The topological polar surface area (TPSA) is 79.0 Å². The van der Waals surface area contributed by atoms with Gasteiger partial charge in [0.25, 0.3) is 0 Å². The molecular weight excluding hydrogens is 342 g/mol. The van der Waals surface area contributed by atoms with Gasteiger partial charge in [0, 0.05) is 25.7 Å². The molecule has 1 N–H and O–H groups in total. The lowest BCUT2D eigenvalue weighted by atomic mass is 10.1. The van der Waals surface area contributed by atoms with E-state index in [1.807, 2.05) is 39.0 Å². The van der Waals surface area contributed by atoms with Crippen LogP contribution in [0.25, 0.3) is 0 Å². The van der Waals surface area contributed by atoms with Gasteiger partial charge < -0.3 is 9.64 Å². The van der Waals surface area contributed by atoms with Crippen LogP contribution in [0.2, 0.25) is 0 Å². The smallest absolute Gasteiger partial charge is 0.410 e. The van der Waals surface area contributed by atoms with Crippen molar-refractivity contribution in [1.82, 2.24) is 9.21 Å². The molecule has 3 rings (SSSR count). The molecule has 0 saturated carbocycles. The van der Waals surface area contributed by atoms with Gasteiger partial charge in [-0.15, -0.1) is 0 Å². The number of benzene rings is 1. The lowest BCUT2D eigenvalue weighted by Gasteiger charge is -2.40. The zero-order chi connectivity index (χ0) is 18.2. The number of amides is 1. The lowest BCUT2D eigenvalue weighted by molar-refractivity contribution is 0.0152. The number of anilines is 1. The Bertz CT molecular complexity index is 757. The minimum absolute atomic E-state index is 0.257. The second kappa shape index (κ2) is 6.49. The number of ether oxygens (including phenoxy) is 1. The number of likely N-dealkylation sites (tertiary alicyclic amines) is 1. The quantitative estimate of drug-likeness (QED) is 0.827. The monoisotopic (exact) mass is 367 g/mol. The Labute approximate surface area is 149 Å². The summed E-state index contributed by atoms with van der Waals surface area (Å²) in [5.74, 6) is 0. The molecule has 7 nitrogen and oxygen atoms in total. The first-order chi connectivity index (χ1) is 11.7. The molecule has 2 heterocycles. The van der Waals surface area contributed by atoms with Crippen molar-refractivity contribution in [2.24, 2.45) is 0 Å². The van der Waals surface area contributed by atoms with E-state index < -0.39 is 15.8 Å². The predicted octanol–water partition coefficient (Wildman–Crippen LogP) is 2.56. The zero-order valence-corrected chi connectivity index (χ0v) is 15.7. The van der Waals surface area contributed by atoms with Gasteiger partial charge in [0.15, 0.2) is 0 Å². The van der Waals surface area contributed by atoms with Crippen molar-refractivity contribution >= 4 is 22.0 Å². The number of hydrogen-bond acceptors (Lipinski definition) is 4. The highest BCUT2D eigenvalue weighted by Gasteiger charge is 2.38. The summed E-state index contributed by atoms with van der Waals surface area (Å²) in [6.07, 6.45) is 1.08. The molecule has 1 unspecified atom stereocenters. The molecular formula is C17H25N3O4S. The Morgan fingerprint density at radius 3 is 2.72 bits per heavy atom. The molecule has 0 aromatic heterocycles. The van der Waals surface area contributed by atoms with Crippen molar-refractivity contribution in [1.29, 1.82) is 0 Å². The van der Waals surface area contributed by atoms with Crippen LogP contribution in [0.3, 0.4) is 0 Å². The van der Waals surface area contributed by atoms with Crippen molar-refractivity contribution in [3.8, 4) is 0 Å². The van der Waals surface area contributed by atoms with Gasteiger partial charge in [-0.3, -0.25) is 4.72 Å². The van der Waals surface area contributed by atoms with E-state index in [0.29, 0.717) is 25.3 Å². The van der Waals surface area contributed by atoms with Gasteiger partial charge in [-0.05, 0) is 45.2 Å². The minimum atomic E-state index is -3.62. The first kappa shape index (κ1) is 18.0. The highest BCUT2D eigenvalue weighted by Crippen LogP contribution is 2.30. The molecule has 25 heavy (non-hydrogen) atoms. The van der Waals surface area contributed by atoms with E-state index in [-0.39, 0.29) is 12.1 Å². The highest BCUT2D eigenvalue weighted by atomic mass is 32.2. The molecule has 1 atom stereocenters. The molecule has 1 amide bonds. The molecule has 0 radical (unpaired) electrons. The Kier molecular flexibility index (Phi) is 4.68. The number of fused-ring (bicyclic) bond motifs is 1. The van der Waals surface area contributed by atoms with E-state index in [1.54, 1.807) is 11.0 Å². The number of para-hydroxylation sites is 1. The van der Waals surface area contributed by atoms with E-state index in [9.17, 15) is 13.2 Å². The van der Waals surface area contributed by atoms with Crippen LogP contribution in [-0.4, -0.2) is 48.4 Å². The predicted molar refractivity (Wildman–Crippen MR) is 95.4 cm³/mol. The molecule has 8 heteroatoms. The second-order valence-corrected chi connectivity index (χ2v) is 9.16.